The Morgan fingerprint density at radius 1 is 0.588 bits per heavy atom. The maximum absolute atomic E-state index is 8.39. The highest BCUT2D eigenvalue weighted by molar-refractivity contribution is 7.80. The fourth-order valence-corrected chi connectivity index (χ4v) is 2.31. The van der Waals surface area contributed by atoms with Crippen molar-refractivity contribution >= 4 is 12.6 Å². The zero-order chi connectivity index (χ0) is 12.6. The molecule has 0 aliphatic heterocycles. The summed E-state index contributed by atoms with van der Waals surface area (Å²) in [6, 6.07) is 2.20. The number of nitrogens with zero attached hydrogens (tertiary/aromatic N) is 1. The van der Waals surface area contributed by atoms with Crippen LogP contribution in [0.2, 0.25) is 0 Å². The molecule has 0 rings (SSSR count). The van der Waals surface area contributed by atoms with Crippen LogP contribution in [0.1, 0.15) is 83.5 Å². The predicted molar refractivity (Wildman–Crippen MR) is 79.5 cm³/mol. The summed E-state index contributed by atoms with van der Waals surface area (Å²) in [5.74, 6) is 1.05. The minimum atomic E-state index is 0.742. The molecule has 0 aliphatic carbocycles. The summed E-state index contributed by atoms with van der Waals surface area (Å²) in [7, 11) is 0. The topological polar surface area (TPSA) is 23.8 Å². The number of hydrogen-bond acceptors (Lipinski definition) is 2. The lowest BCUT2D eigenvalue weighted by molar-refractivity contribution is 0.546. The van der Waals surface area contributed by atoms with Crippen LogP contribution in [0.3, 0.4) is 0 Å². The lowest BCUT2D eigenvalue weighted by atomic mass is 10.0. The van der Waals surface area contributed by atoms with Gasteiger partial charge in [-0.2, -0.15) is 17.9 Å². The van der Waals surface area contributed by atoms with Gasteiger partial charge < -0.3 is 0 Å². The number of hydrogen-bond donors (Lipinski definition) is 1. The second-order valence-corrected chi connectivity index (χ2v) is 5.32. The van der Waals surface area contributed by atoms with Gasteiger partial charge in [0.1, 0.15) is 0 Å². The molecule has 0 saturated heterocycles. The van der Waals surface area contributed by atoms with Crippen molar-refractivity contribution in [2.75, 3.05) is 5.75 Å². The third-order valence-corrected chi connectivity index (χ3v) is 3.51. The lowest BCUT2D eigenvalue weighted by Crippen LogP contribution is -1.83. The zero-order valence-electron chi connectivity index (χ0n) is 11.3. The van der Waals surface area contributed by atoms with Crippen LogP contribution in [0.15, 0.2) is 0 Å². The summed E-state index contributed by atoms with van der Waals surface area (Å²) >= 11 is 4.22. The molecule has 0 saturated carbocycles. The van der Waals surface area contributed by atoms with E-state index in [1.165, 1.54) is 70.6 Å². The van der Waals surface area contributed by atoms with Crippen LogP contribution in [-0.2, 0) is 0 Å². The molecule has 0 fully saturated rings. The van der Waals surface area contributed by atoms with E-state index < -0.39 is 0 Å². The molecule has 0 amide bonds. The van der Waals surface area contributed by atoms with Crippen molar-refractivity contribution in [1.29, 1.82) is 5.26 Å². The highest BCUT2D eigenvalue weighted by Gasteiger charge is 1.93. The normalized spacial score (nSPS) is 10.4. The molecule has 0 spiro atoms. The Morgan fingerprint density at radius 2 is 0.941 bits per heavy atom. The van der Waals surface area contributed by atoms with Crippen LogP contribution in [0, 0.1) is 11.3 Å². The fourth-order valence-electron chi connectivity index (χ4n) is 2.08. The summed E-state index contributed by atoms with van der Waals surface area (Å²) < 4.78 is 0. The van der Waals surface area contributed by atoms with Gasteiger partial charge in [0, 0.05) is 6.42 Å². The molecule has 0 heterocycles. The predicted octanol–water partition coefficient (Wildman–Crippen LogP) is 5.51. The molecule has 0 unspecified atom stereocenters. The van der Waals surface area contributed by atoms with Gasteiger partial charge in [-0.1, -0.05) is 64.2 Å². The summed E-state index contributed by atoms with van der Waals surface area (Å²) in [4.78, 5) is 0. The van der Waals surface area contributed by atoms with E-state index in [4.69, 9.17) is 5.26 Å². The van der Waals surface area contributed by atoms with Crippen LogP contribution in [0.25, 0.3) is 0 Å². The molecule has 0 bridgehead atoms. The summed E-state index contributed by atoms with van der Waals surface area (Å²) in [6.07, 6.45) is 16.9. The first-order valence-corrected chi connectivity index (χ1v) is 8.03. The third-order valence-electron chi connectivity index (χ3n) is 3.20. The van der Waals surface area contributed by atoms with Crippen molar-refractivity contribution in [3.8, 4) is 6.07 Å². The molecule has 17 heavy (non-hydrogen) atoms. The van der Waals surface area contributed by atoms with Crippen LogP contribution in [0.5, 0.6) is 0 Å². The van der Waals surface area contributed by atoms with E-state index in [0.717, 1.165) is 18.6 Å². The Morgan fingerprint density at radius 3 is 1.29 bits per heavy atom. The van der Waals surface area contributed by atoms with Crippen LogP contribution in [0.4, 0.5) is 0 Å². The largest absolute Gasteiger partial charge is 0.198 e. The monoisotopic (exact) mass is 255 g/mol. The SMILES string of the molecule is N#CCCCCCCCCCCCCCCS. The average Bonchev–Trinajstić information content (AvgIpc) is 2.35. The molecular weight excluding hydrogens is 226 g/mol. The Kier molecular flexibility index (Phi) is 15.7. The summed E-state index contributed by atoms with van der Waals surface area (Å²) in [6.45, 7) is 0. The maximum atomic E-state index is 8.39. The second-order valence-electron chi connectivity index (χ2n) is 4.87. The first-order valence-electron chi connectivity index (χ1n) is 7.39. The summed E-state index contributed by atoms with van der Waals surface area (Å²) in [5, 5.41) is 8.39. The average molecular weight is 255 g/mol. The van der Waals surface area contributed by atoms with E-state index in [2.05, 4.69) is 18.7 Å². The van der Waals surface area contributed by atoms with Gasteiger partial charge in [0.2, 0.25) is 0 Å². The van der Waals surface area contributed by atoms with Gasteiger partial charge in [-0.25, -0.2) is 0 Å². The molecule has 0 radical (unpaired) electrons. The fraction of sp³-hybridized carbons (Fsp3) is 0.933. The van der Waals surface area contributed by atoms with Gasteiger partial charge in [0.05, 0.1) is 6.07 Å². The molecule has 0 aromatic heterocycles. The summed E-state index contributed by atoms with van der Waals surface area (Å²) in [5.41, 5.74) is 0. The number of rotatable bonds is 13. The van der Waals surface area contributed by atoms with Crippen molar-refractivity contribution in [2.24, 2.45) is 0 Å². The van der Waals surface area contributed by atoms with E-state index in [9.17, 15) is 0 Å². The molecule has 0 aromatic carbocycles. The third kappa shape index (κ3) is 15.8. The second kappa shape index (κ2) is 15.8. The van der Waals surface area contributed by atoms with Gasteiger partial charge in [-0.15, -0.1) is 0 Å². The first kappa shape index (κ1) is 16.8. The Labute approximate surface area is 113 Å². The standard InChI is InChI=1S/C15H29NS/c16-14-12-10-8-6-4-2-1-3-5-7-9-11-13-15-17/h17H,1-13,15H2. The molecule has 0 N–H and O–H groups in total. The van der Waals surface area contributed by atoms with Crippen LogP contribution >= 0.6 is 12.6 Å². The van der Waals surface area contributed by atoms with Gasteiger partial charge in [0.15, 0.2) is 0 Å². The Hall–Kier alpha value is -0.160. The Balaban J connectivity index is 2.87. The van der Waals surface area contributed by atoms with Crippen molar-refractivity contribution in [3.63, 3.8) is 0 Å². The van der Waals surface area contributed by atoms with E-state index in [-0.39, 0.29) is 0 Å². The number of nitriles is 1. The molecule has 0 aliphatic rings. The first-order chi connectivity index (χ1) is 8.41. The van der Waals surface area contributed by atoms with E-state index >= 15 is 0 Å². The highest BCUT2D eigenvalue weighted by atomic mass is 32.1. The van der Waals surface area contributed by atoms with E-state index in [1.54, 1.807) is 0 Å². The maximum Gasteiger partial charge on any atom is 0.0621 e. The molecule has 0 atom stereocenters. The molecular formula is C15H29NS. The molecule has 2 heteroatoms. The van der Waals surface area contributed by atoms with E-state index in [0.29, 0.717) is 0 Å². The van der Waals surface area contributed by atoms with Crippen molar-refractivity contribution in [3.05, 3.63) is 0 Å². The molecule has 0 aromatic rings. The smallest absolute Gasteiger partial charge is 0.0621 e. The van der Waals surface area contributed by atoms with Gasteiger partial charge in [-0.3, -0.25) is 0 Å². The minimum absolute atomic E-state index is 0.742. The molecule has 1 nitrogen and oxygen atoms in total. The lowest BCUT2D eigenvalue weighted by Gasteiger charge is -2.02. The van der Waals surface area contributed by atoms with Crippen molar-refractivity contribution in [2.45, 2.75) is 83.5 Å². The van der Waals surface area contributed by atoms with Gasteiger partial charge in [0.25, 0.3) is 0 Å². The van der Waals surface area contributed by atoms with Crippen LogP contribution in [-0.4, -0.2) is 5.75 Å². The number of thiol groups is 1. The Bertz CT molecular complexity index is 174. The number of unbranched alkanes of at least 4 members (excludes halogenated alkanes) is 12. The van der Waals surface area contributed by atoms with Crippen molar-refractivity contribution < 1.29 is 0 Å². The highest BCUT2D eigenvalue weighted by Crippen LogP contribution is 2.12. The van der Waals surface area contributed by atoms with Gasteiger partial charge in [-0.05, 0) is 18.6 Å². The van der Waals surface area contributed by atoms with Crippen LogP contribution < -0.4 is 0 Å². The van der Waals surface area contributed by atoms with E-state index in [1.807, 2.05) is 0 Å². The molecule has 100 valence electrons. The van der Waals surface area contributed by atoms with Crippen molar-refractivity contribution in [1.82, 2.24) is 0 Å². The zero-order valence-corrected chi connectivity index (χ0v) is 12.2. The quantitative estimate of drug-likeness (QED) is 0.340. The minimum Gasteiger partial charge on any atom is -0.198 e. The van der Waals surface area contributed by atoms with Gasteiger partial charge >= 0.3 is 0 Å².